The van der Waals surface area contributed by atoms with Gasteiger partial charge in [0.2, 0.25) is 0 Å². The van der Waals surface area contributed by atoms with Crippen molar-refractivity contribution in [3.63, 3.8) is 0 Å². The lowest BCUT2D eigenvalue weighted by atomic mass is 10.1. The summed E-state index contributed by atoms with van der Waals surface area (Å²) in [6, 6.07) is 5.94. The zero-order chi connectivity index (χ0) is 22.7. The van der Waals surface area contributed by atoms with E-state index in [-0.39, 0.29) is 24.4 Å². The fraction of sp³-hybridized carbons (Fsp3) is 0.200. The van der Waals surface area contributed by atoms with Crippen molar-refractivity contribution in [2.24, 2.45) is 0 Å². The third-order valence-electron chi connectivity index (χ3n) is 4.34. The summed E-state index contributed by atoms with van der Waals surface area (Å²) in [5.74, 6) is -0.752. The van der Waals surface area contributed by atoms with Gasteiger partial charge in [-0.2, -0.15) is 0 Å². The second kappa shape index (κ2) is 9.57. The van der Waals surface area contributed by atoms with E-state index in [4.69, 9.17) is 9.15 Å². The summed E-state index contributed by atoms with van der Waals surface area (Å²) in [6.45, 7) is 2.52. The molecule has 0 unspecified atom stereocenters. The van der Waals surface area contributed by atoms with Gasteiger partial charge in [0.15, 0.2) is 0 Å². The summed E-state index contributed by atoms with van der Waals surface area (Å²) in [6.07, 6.45) is 1.52. The van der Waals surface area contributed by atoms with Crippen molar-refractivity contribution in [1.82, 2.24) is 20.2 Å². The number of H-pyrrole nitrogens is 1. The maximum Gasteiger partial charge on any atom is 0.434 e. The number of thiophene rings is 1. The Morgan fingerprint density at radius 2 is 2.00 bits per heavy atom. The standard InChI is InChI=1S/C20H16BrF2N5O3S/c1-2-30-15-8-16(32-18(15)19-27-28-20(29)31-19)14-7-17(26-9-25-14)24-4-3-11-12(22)5-10(21)6-13(11)23/h5-9H,2-4H2,1H3,(H,28,29)(H,24,25,26). The zero-order valence-corrected chi connectivity index (χ0v) is 19.0. The minimum Gasteiger partial charge on any atom is -0.492 e. The van der Waals surface area contributed by atoms with Crippen LogP contribution in [0.25, 0.3) is 21.3 Å². The Labute approximate surface area is 192 Å². The van der Waals surface area contributed by atoms with E-state index >= 15 is 0 Å². The first-order valence-electron chi connectivity index (χ1n) is 9.46. The number of nitrogens with one attached hydrogen (secondary N) is 2. The third kappa shape index (κ3) is 4.86. The van der Waals surface area contributed by atoms with Gasteiger partial charge in [-0.05, 0) is 25.5 Å². The smallest absolute Gasteiger partial charge is 0.434 e. The van der Waals surface area contributed by atoms with E-state index in [1.54, 1.807) is 12.1 Å². The SMILES string of the molecule is CCOc1cc(-c2cc(NCCc3c(F)cc(Br)cc3F)ncn2)sc1-c1n[nH]c(=O)o1. The Morgan fingerprint density at radius 3 is 2.69 bits per heavy atom. The normalized spacial score (nSPS) is 11.0. The first kappa shape index (κ1) is 22.1. The average molecular weight is 524 g/mol. The quantitative estimate of drug-likeness (QED) is 0.346. The van der Waals surface area contributed by atoms with Gasteiger partial charge in [-0.1, -0.05) is 15.9 Å². The van der Waals surface area contributed by atoms with Gasteiger partial charge in [0.1, 0.15) is 34.4 Å². The summed E-state index contributed by atoms with van der Waals surface area (Å²) >= 11 is 4.36. The van der Waals surface area contributed by atoms with Crippen LogP contribution in [0.5, 0.6) is 5.75 Å². The van der Waals surface area contributed by atoms with Gasteiger partial charge in [-0.15, -0.1) is 16.4 Å². The molecular formula is C20H16BrF2N5O3S. The second-order valence-corrected chi connectivity index (χ2v) is 8.44. The Balaban J connectivity index is 1.52. The molecule has 0 atom stereocenters. The van der Waals surface area contributed by atoms with Crippen molar-refractivity contribution in [3.8, 4) is 27.1 Å². The number of ether oxygens (including phenoxy) is 1. The van der Waals surface area contributed by atoms with Gasteiger partial charge < -0.3 is 14.5 Å². The summed E-state index contributed by atoms with van der Waals surface area (Å²) in [5, 5.41) is 9.14. The molecule has 8 nitrogen and oxygen atoms in total. The molecule has 0 amide bonds. The molecule has 4 aromatic rings. The number of aromatic nitrogens is 4. The van der Waals surface area contributed by atoms with Crippen LogP contribution in [0.3, 0.4) is 0 Å². The van der Waals surface area contributed by atoms with E-state index in [0.717, 1.165) is 4.88 Å². The fourth-order valence-electron chi connectivity index (χ4n) is 2.95. The second-order valence-electron chi connectivity index (χ2n) is 6.47. The van der Waals surface area contributed by atoms with Crippen LogP contribution in [0.1, 0.15) is 12.5 Å². The monoisotopic (exact) mass is 523 g/mol. The molecule has 12 heteroatoms. The van der Waals surface area contributed by atoms with Crippen molar-refractivity contribution < 1.29 is 17.9 Å². The number of anilines is 1. The Kier molecular flexibility index (Phi) is 6.61. The van der Waals surface area contributed by atoms with Crippen molar-refractivity contribution in [2.45, 2.75) is 13.3 Å². The molecule has 0 radical (unpaired) electrons. The third-order valence-corrected chi connectivity index (χ3v) is 5.92. The fourth-order valence-corrected chi connectivity index (χ4v) is 4.35. The largest absolute Gasteiger partial charge is 0.492 e. The van der Waals surface area contributed by atoms with E-state index in [1.165, 1.54) is 29.8 Å². The van der Waals surface area contributed by atoms with Gasteiger partial charge in [0.05, 0.1) is 17.2 Å². The number of nitrogens with zero attached hydrogens (tertiary/aromatic N) is 3. The maximum absolute atomic E-state index is 14.0. The lowest BCUT2D eigenvalue weighted by Crippen LogP contribution is -2.09. The highest BCUT2D eigenvalue weighted by atomic mass is 79.9. The number of aromatic amines is 1. The summed E-state index contributed by atoms with van der Waals surface area (Å²) in [4.78, 5) is 21.1. The van der Waals surface area contributed by atoms with Gasteiger partial charge in [-0.25, -0.2) is 28.6 Å². The van der Waals surface area contributed by atoms with Gasteiger partial charge in [-0.3, -0.25) is 0 Å². The minimum atomic E-state index is -0.662. The number of benzene rings is 1. The molecule has 2 N–H and O–H groups in total. The molecule has 0 fully saturated rings. The molecule has 0 aliphatic rings. The molecule has 3 aromatic heterocycles. The van der Waals surface area contributed by atoms with Crippen LogP contribution in [0.2, 0.25) is 0 Å². The predicted molar refractivity (Wildman–Crippen MR) is 119 cm³/mol. The molecule has 0 bridgehead atoms. The summed E-state index contributed by atoms with van der Waals surface area (Å²) in [7, 11) is 0. The van der Waals surface area contributed by atoms with E-state index in [0.29, 0.717) is 33.2 Å². The van der Waals surface area contributed by atoms with Crippen LogP contribution in [0.15, 0.2) is 44.3 Å². The zero-order valence-electron chi connectivity index (χ0n) is 16.6. The lowest BCUT2D eigenvalue weighted by molar-refractivity contribution is 0.342. The van der Waals surface area contributed by atoms with Crippen molar-refractivity contribution in [2.75, 3.05) is 18.5 Å². The molecule has 4 rings (SSSR count). The molecule has 0 spiro atoms. The molecule has 0 aliphatic heterocycles. The number of rotatable bonds is 8. The first-order chi connectivity index (χ1) is 15.4. The van der Waals surface area contributed by atoms with Crippen LogP contribution in [0.4, 0.5) is 14.6 Å². The maximum atomic E-state index is 14.0. The molecule has 166 valence electrons. The van der Waals surface area contributed by atoms with Gasteiger partial charge in [0.25, 0.3) is 5.89 Å². The number of hydrogen-bond donors (Lipinski definition) is 2. The highest BCUT2D eigenvalue weighted by Gasteiger charge is 2.19. The highest BCUT2D eigenvalue weighted by Crippen LogP contribution is 2.41. The Hall–Kier alpha value is -3.12. The molecule has 1 aromatic carbocycles. The molecule has 0 aliphatic carbocycles. The van der Waals surface area contributed by atoms with E-state index in [9.17, 15) is 13.6 Å². The van der Waals surface area contributed by atoms with E-state index < -0.39 is 17.4 Å². The summed E-state index contributed by atoms with van der Waals surface area (Å²) in [5.41, 5.74) is 0.596. The van der Waals surface area contributed by atoms with Crippen LogP contribution in [-0.2, 0) is 6.42 Å². The topological polar surface area (TPSA) is 106 Å². The Morgan fingerprint density at radius 1 is 1.22 bits per heavy atom. The lowest BCUT2D eigenvalue weighted by Gasteiger charge is -2.08. The molecule has 0 saturated heterocycles. The molecule has 0 saturated carbocycles. The average Bonchev–Trinajstić information content (AvgIpc) is 3.37. The van der Waals surface area contributed by atoms with E-state index in [1.807, 2.05) is 6.92 Å². The van der Waals surface area contributed by atoms with Gasteiger partial charge in [0, 0.05) is 28.7 Å². The molecule has 3 heterocycles. The number of halogens is 3. The minimum absolute atomic E-state index is 0.000251. The molecular weight excluding hydrogens is 508 g/mol. The van der Waals surface area contributed by atoms with E-state index in [2.05, 4.69) is 41.4 Å². The Bertz CT molecular complexity index is 1280. The van der Waals surface area contributed by atoms with Crippen molar-refractivity contribution in [1.29, 1.82) is 0 Å². The van der Waals surface area contributed by atoms with Gasteiger partial charge >= 0.3 is 5.76 Å². The summed E-state index contributed by atoms with van der Waals surface area (Å²) < 4.78 is 39.0. The van der Waals surface area contributed by atoms with Crippen LogP contribution in [-0.4, -0.2) is 33.3 Å². The van der Waals surface area contributed by atoms with Crippen LogP contribution in [0, 0.1) is 11.6 Å². The first-order valence-corrected chi connectivity index (χ1v) is 11.1. The predicted octanol–water partition coefficient (Wildman–Crippen LogP) is 4.64. The van der Waals surface area contributed by atoms with Crippen molar-refractivity contribution >= 4 is 33.1 Å². The molecule has 32 heavy (non-hydrogen) atoms. The van der Waals surface area contributed by atoms with Crippen LogP contribution >= 0.6 is 27.3 Å². The van der Waals surface area contributed by atoms with Crippen molar-refractivity contribution in [3.05, 3.63) is 62.8 Å². The number of hydrogen-bond acceptors (Lipinski definition) is 8. The van der Waals surface area contributed by atoms with Crippen LogP contribution < -0.4 is 15.8 Å². The highest BCUT2D eigenvalue weighted by molar-refractivity contribution is 9.10.